The minimum atomic E-state index is -0.981. The van der Waals surface area contributed by atoms with Crippen LogP contribution >= 0.6 is 0 Å². The quantitative estimate of drug-likeness (QED) is 0.250. The normalized spacial score (nSPS) is 23.6. The molecular weight excluding hydrogens is 588 g/mol. The second-order valence-electron chi connectivity index (χ2n) is 12.0. The molecule has 3 aromatic rings. The standard InChI is InChI=1S/C33H34N8O5/c34-15-20(28-18-37-26-4-2-23(14-27(26)38-28)40-7-9-46-10-8-40)17-36-22-11-19(12-22)16-35-21-1-3-24-25(13-21)33(45)41(32(24)44)29-5-6-30(42)39-31(29)43/h1-4,13-15,17-19,22,29,35H,5-12,16,34H2,(H,39,42,43). The summed E-state index contributed by atoms with van der Waals surface area (Å²) in [6.07, 6.45) is 6.98. The van der Waals surface area contributed by atoms with Gasteiger partial charge in [-0.25, -0.2) is 4.98 Å². The Labute approximate surface area is 264 Å². The first kappa shape index (κ1) is 29.5. The Hall–Kier alpha value is -5.17. The number of nitrogens with zero attached hydrogens (tertiary/aromatic N) is 5. The van der Waals surface area contributed by atoms with Crippen molar-refractivity contribution >= 4 is 57.8 Å². The minimum absolute atomic E-state index is 0.0842. The molecule has 3 aliphatic heterocycles. The summed E-state index contributed by atoms with van der Waals surface area (Å²) in [6, 6.07) is 10.3. The molecule has 4 aliphatic rings. The lowest BCUT2D eigenvalue weighted by atomic mass is 9.80. The summed E-state index contributed by atoms with van der Waals surface area (Å²) < 4.78 is 5.47. The second-order valence-corrected chi connectivity index (χ2v) is 12.0. The van der Waals surface area contributed by atoms with Crippen LogP contribution in [-0.2, 0) is 14.3 Å². The number of allylic oxidation sites excluding steroid dienone is 1. The Kier molecular flexibility index (Phi) is 7.91. The number of nitrogens with two attached hydrogens (primary N) is 1. The number of benzene rings is 2. The van der Waals surface area contributed by atoms with Crippen molar-refractivity contribution in [2.24, 2.45) is 16.6 Å². The molecule has 236 valence electrons. The van der Waals surface area contributed by atoms with Crippen LogP contribution in [0.5, 0.6) is 0 Å². The molecule has 1 unspecified atom stereocenters. The maximum Gasteiger partial charge on any atom is 0.262 e. The first-order valence-corrected chi connectivity index (χ1v) is 15.5. The van der Waals surface area contributed by atoms with Crippen molar-refractivity contribution in [3.8, 4) is 0 Å². The van der Waals surface area contributed by atoms with Crippen molar-refractivity contribution in [2.45, 2.75) is 37.8 Å². The van der Waals surface area contributed by atoms with Gasteiger partial charge < -0.3 is 20.7 Å². The molecule has 2 saturated heterocycles. The molecule has 13 nitrogen and oxygen atoms in total. The molecule has 4 heterocycles. The number of carbonyl (C=O) groups excluding carboxylic acids is 4. The smallest absolute Gasteiger partial charge is 0.262 e. The van der Waals surface area contributed by atoms with E-state index >= 15 is 0 Å². The van der Waals surface area contributed by atoms with Crippen LogP contribution in [-0.4, -0.2) is 89.6 Å². The number of piperidine rings is 1. The fourth-order valence-electron chi connectivity index (χ4n) is 6.37. The number of rotatable bonds is 8. The van der Waals surface area contributed by atoms with Gasteiger partial charge in [-0.2, -0.15) is 0 Å². The van der Waals surface area contributed by atoms with Gasteiger partial charge in [-0.3, -0.25) is 39.4 Å². The van der Waals surface area contributed by atoms with Gasteiger partial charge in [0.05, 0.1) is 53.3 Å². The highest BCUT2D eigenvalue weighted by Gasteiger charge is 2.44. The van der Waals surface area contributed by atoms with Crippen LogP contribution in [0.3, 0.4) is 0 Å². The Bertz CT molecular complexity index is 1790. The van der Waals surface area contributed by atoms with E-state index in [-0.39, 0.29) is 30.0 Å². The van der Waals surface area contributed by atoms with Gasteiger partial charge in [-0.15, -0.1) is 0 Å². The van der Waals surface area contributed by atoms with Crippen LogP contribution in [0, 0.1) is 5.92 Å². The largest absolute Gasteiger partial charge is 0.404 e. The third kappa shape index (κ3) is 5.69. The van der Waals surface area contributed by atoms with Gasteiger partial charge >= 0.3 is 0 Å². The molecule has 4 N–H and O–H groups in total. The number of fused-ring (bicyclic) bond motifs is 2. The van der Waals surface area contributed by atoms with Gasteiger partial charge in [-0.1, -0.05) is 0 Å². The number of aromatic nitrogens is 2. The van der Waals surface area contributed by atoms with Crippen molar-refractivity contribution in [1.82, 2.24) is 20.2 Å². The van der Waals surface area contributed by atoms with Crippen molar-refractivity contribution in [2.75, 3.05) is 43.1 Å². The van der Waals surface area contributed by atoms with Crippen molar-refractivity contribution in [3.05, 3.63) is 65.6 Å². The van der Waals surface area contributed by atoms with Crippen LogP contribution in [0.1, 0.15) is 52.1 Å². The summed E-state index contributed by atoms with van der Waals surface area (Å²) in [7, 11) is 0. The number of morpholine rings is 1. The van der Waals surface area contributed by atoms with Gasteiger partial charge in [0.15, 0.2) is 0 Å². The predicted octanol–water partition coefficient (Wildman–Crippen LogP) is 2.13. The molecule has 1 aliphatic carbocycles. The maximum atomic E-state index is 13.1. The average molecular weight is 623 g/mol. The number of hydrogen-bond acceptors (Lipinski definition) is 11. The number of imide groups is 2. The molecule has 0 spiro atoms. The maximum absolute atomic E-state index is 13.1. The van der Waals surface area contributed by atoms with E-state index in [9.17, 15) is 19.2 Å². The molecule has 1 atom stereocenters. The van der Waals surface area contributed by atoms with Gasteiger partial charge in [0, 0.05) is 55.4 Å². The van der Waals surface area contributed by atoms with Crippen LogP contribution < -0.4 is 21.3 Å². The number of hydrogen-bond donors (Lipinski definition) is 3. The second kappa shape index (κ2) is 12.3. The molecular formula is C33H34N8O5. The Balaban J connectivity index is 0.933. The van der Waals surface area contributed by atoms with Crippen molar-refractivity contribution in [3.63, 3.8) is 0 Å². The third-order valence-corrected chi connectivity index (χ3v) is 9.05. The topological polar surface area (TPSA) is 172 Å². The van der Waals surface area contributed by atoms with E-state index in [0.717, 1.165) is 53.2 Å². The molecule has 1 saturated carbocycles. The molecule has 7 rings (SSSR count). The fraction of sp³-hybridized carbons (Fsp3) is 0.364. The first-order chi connectivity index (χ1) is 22.4. The average Bonchev–Trinajstić information content (AvgIpc) is 3.30. The molecule has 1 aromatic heterocycles. The van der Waals surface area contributed by atoms with E-state index in [4.69, 9.17) is 20.4 Å². The number of anilines is 2. The van der Waals surface area contributed by atoms with E-state index in [1.165, 1.54) is 6.20 Å². The Morgan fingerprint density at radius 2 is 1.85 bits per heavy atom. The van der Waals surface area contributed by atoms with Crippen molar-refractivity contribution < 1.29 is 23.9 Å². The highest BCUT2D eigenvalue weighted by Crippen LogP contribution is 2.33. The molecule has 46 heavy (non-hydrogen) atoms. The Morgan fingerprint density at radius 1 is 1.04 bits per heavy atom. The summed E-state index contributed by atoms with van der Waals surface area (Å²) in [5.41, 5.74) is 11.3. The molecule has 3 fully saturated rings. The van der Waals surface area contributed by atoms with E-state index in [2.05, 4.69) is 32.7 Å². The number of carbonyl (C=O) groups is 4. The van der Waals surface area contributed by atoms with Crippen LogP contribution in [0.4, 0.5) is 11.4 Å². The summed E-state index contributed by atoms with van der Waals surface area (Å²) in [5.74, 6) is -1.67. The molecule has 4 amide bonds. The highest BCUT2D eigenvalue weighted by atomic mass is 16.5. The zero-order valence-corrected chi connectivity index (χ0v) is 25.1. The summed E-state index contributed by atoms with van der Waals surface area (Å²) in [5, 5.41) is 5.58. The lowest BCUT2D eigenvalue weighted by Gasteiger charge is -2.33. The van der Waals surface area contributed by atoms with E-state index in [0.29, 0.717) is 36.9 Å². The Morgan fingerprint density at radius 3 is 2.63 bits per heavy atom. The molecule has 2 aromatic carbocycles. The lowest BCUT2D eigenvalue weighted by Crippen LogP contribution is -2.54. The van der Waals surface area contributed by atoms with Crippen molar-refractivity contribution in [1.29, 1.82) is 0 Å². The minimum Gasteiger partial charge on any atom is -0.404 e. The van der Waals surface area contributed by atoms with E-state index in [1.807, 2.05) is 6.07 Å². The zero-order valence-electron chi connectivity index (χ0n) is 25.1. The van der Waals surface area contributed by atoms with Gasteiger partial charge in [0.2, 0.25) is 11.8 Å². The summed E-state index contributed by atoms with van der Waals surface area (Å²) >= 11 is 0. The highest BCUT2D eigenvalue weighted by molar-refractivity contribution is 6.23. The van der Waals surface area contributed by atoms with Gasteiger partial charge in [-0.05, 0) is 61.6 Å². The van der Waals surface area contributed by atoms with Crippen LogP contribution in [0.25, 0.3) is 16.6 Å². The number of nitrogens with one attached hydrogen (secondary N) is 2. The monoisotopic (exact) mass is 622 g/mol. The van der Waals surface area contributed by atoms with Crippen LogP contribution in [0.2, 0.25) is 0 Å². The predicted molar refractivity (Wildman–Crippen MR) is 171 cm³/mol. The van der Waals surface area contributed by atoms with E-state index in [1.54, 1.807) is 30.6 Å². The number of amides is 4. The summed E-state index contributed by atoms with van der Waals surface area (Å²) in [4.78, 5) is 67.3. The van der Waals surface area contributed by atoms with Crippen LogP contribution in [0.15, 0.2) is 53.8 Å². The number of aliphatic imine (C=N–C) groups is 1. The fourth-order valence-corrected chi connectivity index (χ4v) is 6.37. The summed E-state index contributed by atoms with van der Waals surface area (Å²) in [6.45, 7) is 3.79. The van der Waals surface area contributed by atoms with Gasteiger partial charge in [0.1, 0.15) is 6.04 Å². The third-order valence-electron chi connectivity index (χ3n) is 9.05. The van der Waals surface area contributed by atoms with E-state index < -0.39 is 29.7 Å². The SMILES string of the molecule is NC=C(C=NC1CC(CNc2ccc3c(c2)C(=O)N(C2CCC(=O)NC2=O)C3=O)C1)c1cnc2ccc(N3CCOCC3)cc2n1. The zero-order chi connectivity index (χ0) is 31.8. The number of ether oxygens (including phenoxy) is 1. The van der Waals surface area contributed by atoms with Gasteiger partial charge in [0.25, 0.3) is 11.8 Å². The molecule has 0 radical (unpaired) electrons. The lowest BCUT2D eigenvalue weighted by molar-refractivity contribution is -0.136. The molecule has 13 heteroatoms. The first-order valence-electron chi connectivity index (χ1n) is 15.5. The molecule has 0 bridgehead atoms.